The Bertz CT molecular complexity index is 604. The Morgan fingerprint density at radius 3 is 3.14 bits per heavy atom. The fourth-order valence-electron chi connectivity index (χ4n) is 3.02. The van der Waals surface area contributed by atoms with Gasteiger partial charge in [-0.1, -0.05) is 5.21 Å². The second-order valence-corrected chi connectivity index (χ2v) is 5.93. The Morgan fingerprint density at radius 1 is 1.32 bits per heavy atom. The van der Waals surface area contributed by atoms with Gasteiger partial charge in [0.1, 0.15) is 5.69 Å². The van der Waals surface area contributed by atoms with Crippen LogP contribution >= 0.6 is 0 Å². The zero-order chi connectivity index (χ0) is 14.8. The number of furan rings is 1. The largest absolute Gasteiger partial charge is 0.472 e. The van der Waals surface area contributed by atoms with Crippen LogP contribution in [0.4, 0.5) is 0 Å². The first-order valence-electron chi connectivity index (χ1n) is 7.74. The van der Waals surface area contributed by atoms with Crippen LogP contribution in [0.1, 0.15) is 12.1 Å². The van der Waals surface area contributed by atoms with E-state index in [4.69, 9.17) is 13.9 Å². The fourth-order valence-corrected chi connectivity index (χ4v) is 3.02. The lowest BCUT2D eigenvalue weighted by atomic mass is 10.1. The van der Waals surface area contributed by atoms with Gasteiger partial charge in [-0.05, 0) is 12.5 Å². The minimum Gasteiger partial charge on any atom is -0.472 e. The van der Waals surface area contributed by atoms with Gasteiger partial charge < -0.3 is 19.2 Å². The molecule has 2 aromatic heterocycles. The Kier molecular flexibility index (Phi) is 3.92. The maximum absolute atomic E-state index is 5.84. The third-order valence-electron chi connectivity index (χ3n) is 4.28. The fraction of sp³-hybridized carbons (Fsp3) is 0.600. The summed E-state index contributed by atoms with van der Waals surface area (Å²) in [6.07, 6.45) is 4.43. The smallest absolute Gasteiger partial charge is 0.121 e. The highest BCUT2D eigenvalue weighted by Gasteiger charge is 2.24. The molecular weight excluding hydrogens is 284 g/mol. The van der Waals surface area contributed by atoms with Crippen LogP contribution in [-0.4, -0.2) is 47.4 Å². The number of nitrogens with zero attached hydrogens (tertiary/aromatic N) is 3. The lowest BCUT2D eigenvalue weighted by molar-refractivity contribution is 0.0928. The van der Waals surface area contributed by atoms with E-state index in [1.165, 1.54) is 0 Å². The molecule has 2 aliphatic heterocycles. The number of nitrogens with one attached hydrogen (secondary N) is 1. The SMILES string of the molecule is c1cc(-c2nnn3c2COCC(CNC2CCOC2)C3)co1. The Hall–Kier alpha value is -1.70. The van der Waals surface area contributed by atoms with Gasteiger partial charge in [-0.2, -0.15) is 0 Å². The topological polar surface area (TPSA) is 74.3 Å². The van der Waals surface area contributed by atoms with Crippen LogP contribution in [0.15, 0.2) is 23.0 Å². The van der Waals surface area contributed by atoms with E-state index in [1.807, 2.05) is 10.7 Å². The first kappa shape index (κ1) is 13.9. The van der Waals surface area contributed by atoms with Gasteiger partial charge in [0, 0.05) is 37.2 Å². The van der Waals surface area contributed by atoms with E-state index < -0.39 is 0 Å². The van der Waals surface area contributed by atoms with Crippen molar-refractivity contribution >= 4 is 0 Å². The van der Waals surface area contributed by atoms with Gasteiger partial charge >= 0.3 is 0 Å². The molecule has 22 heavy (non-hydrogen) atoms. The van der Waals surface area contributed by atoms with E-state index in [9.17, 15) is 0 Å². The van der Waals surface area contributed by atoms with E-state index in [-0.39, 0.29) is 0 Å². The third kappa shape index (κ3) is 2.79. The zero-order valence-corrected chi connectivity index (χ0v) is 12.4. The summed E-state index contributed by atoms with van der Waals surface area (Å²) in [5.74, 6) is 0.390. The van der Waals surface area contributed by atoms with Crippen LogP contribution in [-0.2, 0) is 22.6 Å². The summed E-state index contributed by atoms with van der Waals surface area (Å²) >= 11 is 0. The van der Waals surface area contributed by atoms with Gasteiger partial charge in [-0.3, -0.25) is 0 Å². The van der Waals surface area contributed by atoms with Crippen molar-refractivity contribution in [3.05, 3.63) is 24.3 Å². The summed E-state index contributed by atoms with van der Waals surface area (Å²) in [6, 6.07) is 2.37. The summed E-state index contributed by atoms with van der Waals surface area (Å²) in [6.45, 7) is 4.67. The van der Waals surface area contributed by atoms with E-state index in [1.54, 1.807) is 12.5 Å². The number of fused-ring (bicyclic) bond motifs is 1. The molecule has 0 spiro atoms. The van der Waals surface area contributed by atoms with Crippen molar-refractivity contribution in [2.24, 2.45) is 5.92 Å². The highest BCUT2D eigenvalue weighted by atomic mass is 16.5. The predicted octanol–water partition coefficient (Wildman–Crippen LogP) is 1.06. The van der Waals surface area contributed by atoms with Crippen LogP contribution < -0.4 is 5.32 Å². The molecule has 4 rings (SSSR count). The molecule has 2 aliphatic rings. The van der Waals surface area contributed by atoms with Crippen LogP contribution in [0.3, 0.4) is 0 Å². The molecule has 0 bridgehead atoms. The molecule has 7 nitrogen and oxygen atoms in total. The number of hydrogen-bond donors (Lipinski definition) is 1. The van der Waals surface area contributed by atoms with Crippen LogP contribution in [0.25, 0.3) is 11.3 Å². The standard InChI is InChI=1S/C15H20N4O3/c1-3-20-8-12(1)15-14-10-22-7-11(6-19(14)18-17-15)5-16-13-2-4-21-9-13/h1,3,8,11,13,16H,2,4-7,9-10H2. The van der Waals surface area contributed by atoms with Gasteiger partial charge in [-0.15, -0.1) is 5.10 Å². The molecule has 7 heteroatoms. The average Bonchev–Trinajstić information content (AvgIpc) is 3.25. The van der Waals surface area contributed by atoms with Gasteiger partial charge in [0.15, 0.2) is 0 Å². The molecule has 2 unspecified atom stereocenters. The first-order valence-corrected chi connectivity index (χ1v) is 7.74. The van der Waals surface area contributed by atoms with Crippen molar-refractivity contribution in [2.75, 3.05) is 26.4 Å². The van der Waals surface area contributed by atoms with E-state index in [2.05, 4.69) is 15.6 Å². The first-order chi connectivity index (χ1) is 10.9. The Balaban J connectivity index is 1.45. The van der Waals surface area contributed by atoms with Gasteiger partial charge in [0.05, 0.1) is 38.0 Å². The van der Waals surface area contributed by atoms with Crippen molar-refractivity contribution < 1.29 is 13.9 Å². The molecule has 2 atom stereocenters. The molecule has 1 saturated heterocycles. The number of aromatic nitrogens is 3. The van der Waals surface area contributed by atoms with Crippen molar-refractivity contribution in [3.63, 3.8) is 0 Å². The summed E-state index contributed by atoms with van der Waals surface area (Å²) in [5.41, 5.74) is 2.82. The second kappa shape index (κ2) is 6.20. The minimum absolute atomic E-state index is 0.390. The van der Waals surface area contributed by atoms with Crippen molar-refractivity contribution in [1.29, 1.82) is 0 Å². The zero-order valence-electron chi connectivity index (χ0n) is 12.4. The molecule has 0 amide bonds. The number of ether oxygens (including phenoxy) is 2. The van der Waals surface area contributed by atoms with Gasteiger partial charge in [0.25, 0.3) is 0 Å². The lowest BCUT2D eigenvalue weighted by Crippen LogP contribution is -2.36. The molecule has 0 aromatic carbocycles. The van der Waals surface area contributed by atoms with Crippen molar-refractivity contribution in [1.82, 2.24) is 20.3 Å². The monoisotopic (exact) mass is 304 g/mol. The van der Waals surface area contributed by atoms with Crippen molar-refractivity contribution in [3.8, 4) is 11.3 Å². The minimum atomic E-state index is 0.390. The molecule has 2 aromatic rings. The summed E-state index contributed by atoms with van der Waals surface area (Å²) in [4.78, 5) is 0. The molecular formula is C15H20N4O3. The quantitative estimate of drug-likeness (QED) is 0.910. The Labute approximate surface area is 128 Å². The van der Waals surface area contributed by atoms with E-state index >= 15 is 0 Å². The van der Waals surface area contributed by atoms with E-state index in [0.717, 1.165) is 56.3 Å². The summed E-state index contributed by atoms with van der Waals surface area (Å²) in [5, 5.41) is 12.1. The molecule has 1 fully saturated rings. The molecule has 118 valence electrons. The number of hydrogen-bond acceptors (Lipinski definition) is 6. The second-order valence-electron chi connectivity index (χ2n) is 5.93. The molecule has 0 saturated carbocycles. The molecule has 0 aliphatic carbocycles. The maximum Gasteiger partial charge on any atom is 0.121 e. The van der Waals surface area contributed by atoms with Crippen LogP contribution in [0, 0.1) is 5.92 Å². The maximum atomic E-state index is 5.84. The summed E-state index contributed by atoms with van der Waals surface area (Å²) in [7, 11) is 0. The highest BCUT2D eigenvalue weighted by molar-refractivity contribution is 5.59. The van der Waals surface area contributed by atoms with Crippen molar-refractivity contribution in [2.45, 2.75) is 25.6 Å². The van der Waals surface area contributed by atoms with Crippen LogP contribution in [0.2, 0.25) is 0 Å². The predicted molar refractivity (Wildman–Crippen MR) is 78.1 cm³/mol. The third-order valence-corrected chi connectivity index (χ3v) is 4.28. The lowest BCUT2D eigenvalue weighted by Gasteiger charge is -2.17. The Morgan fingerprint density at radius 2 is 2.32 bits per heavy atom. The highest BCUT2D eigenvalue weighted by Crippen LogP contribution is 2.24. The van der Waals surface area contributed by atoms with Gasteiger partial charge in [0.2, 0.25) is 0 Å². The van der Waals surface area contributed by atoms with Crippen LogP contribution in [0.5, 0.6) is 0 Å². The van der Waals surface area contributed by atoms with E-state index in [0.29, 0.717) is 18.6 Å². The summed E-state index contributed by atoms with van der Waals surface area (Å²) < 4.78 is 18.3. The molecule has 1 N–H and O–H groups in total. The molecule has 0 radical (unpaired) electrons. The average molecular weight is 304 g/mol. The normalized spacial score (nSPS) is 25.1. The van der Waals surface area contributed by atoms with Gasteiger partial charge in [-0.25, -0.2) is 4.68 Å². The number of rotatable bonds is 4. The molecule has 4 heterocycles.